The fraction of sp³-hybridized carbons (Fsp3) is 0.0667. The number of anilines is 2. The lowest BCUT2D eigenvalue weighted by Crippen LogP contribution is -1.96. The Morgan fingerprint density at radius 2 is 1.47 bits per heavy atom. The predicted molar refractivity (Wildman–Crippen MR) is 78.5 cm³/mol. The Bertz CT molecular complexity index is 748. The minimum absolute atomic E-state index is 0.696. The highest BCUT2D eigenvalue weighted by Gasteiger charge is 2.07. The first-order valence-corrected chi connectivity index (χ1v) is 6.03. The summed E-state index contributed by atoms with van der Waals surface area (Å²) < 4.78 is 0. The molecule has 0 fully saturated rings. The maximum atomic E-state index is 5.76. The molecule has 1 heterocycles. The van der Waals surface area contributed by atoms with Gasteiger partial charge in [-0.25, -0.2) is 9.97 Å². The van der Waals surface area contributed by atoms with Gasteiger partial charge in [0.25, 0.3) is 0 Å². The van der Waals surface area contributed by atoms with Crippen LogP contribution in [0.4, 0.5) is 11.4 Å². The smallest absolute Gasteiger partial charge is 0.0922 e. The minimum Gasteiger partial charge on any atom is -0.399 e. The van der Waals surface area contributed by atoms with Crippen LogP contribution in [0.25, 0.3) is 22.3 Å². The third-order valence-corrected chi connectivity index (χ3v) is 3.05. The zero-order valence-electron chi connectivity index (χ0n) is 10.6. The van der Waals surface area contributed by atoms with Crippen LogP contribution in [0, 0.1) is 6.92 Å². The Hall–Kier alpha value is -2.62. The van der Waals surface area contributed by atoms with E-state index in [2.05, 4.69) is 9.97 Å². The standard InChI is InChI=1S/C15H14N4/c1-9-15(10-2-4-11(16)5-3-10)19-13-7-6-12(17)8-14(13)18-9/h2-8H,16-17H2,1H3. The van der Waals surface area contributed by atoms with Crippen molar-refractivity contribution in [2.75, 3.05) is 11.5 Å². The molecule has 0 aliphatic carbocycles. The van der Waals surface area contributed by atoms with Crippen LogP contribution in [-0.4, -0.2) is 9.97 Å². The minimum atomic E-state index is 0.696. The zero-order valence-corrected chi connectivity index (χ0v) is 10.6. The number of nitrogens with zero attached hydrogens (tertiary/aromatic N) is 2. The van der Waals surface area contributed by atoms with Crippen LogP contribution in [0.2, 0.25) is 0 Å². The van der Waals surface area contributed by atoms with Gasteiger partial charge in [0.15, 0.2) is 0 Å². The summed E-state index contributed by atoms with van der Waals surface area (Å²) in [7, 11) is 0. The summed E-state index contributed by atoms with van der Waals surface area (Å²) in [5, 5.41) is 0. The van der Waals surface area contributed by atoms with E-state index in [1.54, 1.807) is 0 Å². The lowest BCUT2D eigenvalue weighted by Gasteiger charge is -2.07. The highest BCUT2D eigenvalue weighted by Crippen LogP contribution is 2.24. The highest BCUT2D eigenvalue weighted by atomic mass is 14.8. The predicted octanol–water partition coefficient (Wildman–Crippen LogP) is 2.77. The number of aryl methyl sites for hydroxylation is 1. The Balaban J connectivity index is 2.21. The fourth-order valence-corrected chi connectivity index (χ4v) is 2.07. The Kier molecular flexibility index (Phi) is 2.56. The van der Waals surface area contributed by atoms with Crippen molar-refractivity contribution in [1.29, 1.82) is 0 Å². The molecule has 19 heavy (non-hydrogen) atoms. The van der Waals surface area contributed by atoms with Crippen molar-refractivity contribution in [3.8, 4) is 11.3 Å². The monoisotopic (exact) mass is 250 g/mol. The molecule has 0 saturated carbocycles. The van der Waals surface area contributed by atoms with Crippen molar-refractivity contribution >= 4 is 22.4 Å². The van der Waals surface area contributed by atoms with E-state index in [-0.39, 0.29) is 0 Å². The molecule has 4 nitrogen and oxygen atoms in total. The quantitative estimate of drug-likeness (QED) is 0.651. The molecular weight excluding hydrogens is 236 g/mol. The molecule has 0 atom stereocenters. The second-order valence-electron chi connectivity index (χ2n) is 4.53. The Morgan fingerprint density at radius 1 is 0.789 bits per heavy atom. The Labute approximate surface area is 111 Å². The van der Waals surface area contributed by atoms with Gasteiger partial charge in [-0.1, -0.05) is 12.1 Å². The molecule has 94 valence electrons. The molecule has 0 saturated heterocycles. The lowest BCUT2D eigenvalue weighted by atomic mass is 10.1. The summed E-state index contributed by atoms with van der Waals surface area (Å²) >= 11 is 0. The highest BCUT2D eigenvalue weighted by molar-refractivity contribution is 5.81. The van der Waals surface area contributed by atoms with E-state index in [1.807, 2.05) is 49.4 Å². The van der Waals surface area contributed by atoms with Gasteiger partial charge in [-0.3, -0.25) is 0 Å². The number of rotatable bonds is 1. The molecule has 3 aromatic rings. The van der Waals surface area contributed by atoms with E-state index in [4.69, 9.17) is 11.5 Å². The summed E-state index contributed by atoms with van der Waals surface area (Å²) in [5.74, 6) is 0. The molecule has 0 radical (unpaired) electrons. The second-order valence-corrected chi connectivity index (χ2v) is 4.53. The summed E-state index contributed by atoms with van der Waals surface area (Å²) in [6.07, 6.45) is 0. The van der Waals surface area contributed by atoms with E-state index in [0.717, 1.165) is 33.7 Å². The summed E-state index contributed by atoms with van der Waals surface area (Å²) in [4.78, 5) is 9.22. The van der Waals surface area contributed by atoms with Crippen LogP contribution in [0.3, 0.4) is 0 Å². The normalized spacial score (nSPS) is 10.8. The SMILES string of the molecule is Cc1nc2cc(N)ccc2nc1-c1ccc(N)cc1. The zero-order chi connectivity index (χ0) is 13.4. The molecule has 0 unspecified atom stereocenters. The molecule has 0 aliphatic rings. The van der Waals surface area contributed by atoms with Crippen LogP contribution in [0.1, 0.15) is 5.69 Å². The third kappa shape index (κ3) is 2.08. The van der Waals surface area contributed by atoms with Crippen LogP contribution in [0.15, 0.2) is 42.5 Å². The van der Waals surface area contributed by atoms with Gasteiger partial charge in [0.2, 0.25) is 0 Å². The van der Waals surface area contributed by atoms with Gasteiger partial charge < -0.3 is 11.5 Å². The molecule has 0 aliphatic heterocycles. The lowest BCUT2D eigenvalue weighted by molar-refractivity contribution is 1.19. The number of nitrogen functional groups attached to an aromatic ring is 2. The van der Waals surface area contributed by atoms with Crippen molar-refractivity contribution in [2.45, 2.75) is 6.92 Å². The summed E-state index contributed by atoms with van der Waals surface area (Å²) in [6, 6.07) is 13.2. The van der Waals surface area contributed by atoms with E-state index in [1.165, 1.54) is 0 Å². The largest absolute Gasteiger partial charge is 0.399 e. The number of aromatic nitrogens is 2. The van der Waals surface area contributed by atoms with E-state index in [9.17, 15) is 0 Å². The van der Waals surface area contributed by atoms with Crippen LogP contribution >= 0.6 is 0 Å². The number of fused-ring (bicyclic) bond motifs is 1. The number of hydrogen-bond donors (Lipinski definition) is 2. The van der Waals surface area contributed by atoms with Crippen molar-refractivity contribution < 1.29 is 0 Å². The molecule has 1 aromatic heterocycles. The van der Waals surface area contributed by atoms with Gasteiger partial charge in [0.1, 0.15) is 0 Å². The maximum Gasteiger partial charge on any atom is 0.0922 e. The molecule has 4 N–H and O–H groups in total. The first-order chi connectivity index (χ1) is 9.13. The molecule has 2 aromatic carbocycles. The fourth-order valence-electron chi connectivity index (χ4n) is 2.07. The number of hydrogen-bond acceptors (Lipinski definition) is 4. The van der Waals surface area contributed by atoms with Gasteiger partial charge in [0.05, 0.1) is 22.4 Å². The molecular formula is C15H14N4. The van der Waals surface area contributed by atoms with Crippen LogP contribution in [0.5, 0.6) is 0 Å². The average molecular weight is 250 g/mol. The van der Waals surface area contributed by atoms with E-state index >= 15 is 0 Å². The number of benzene rings is 2. The van der Waals surface area contributed by atoms with Gasteiger partial charge in [-0.2, -0.15) is 0 Å². The van der Waals surface area contributed by atoms with Crippen molar-refractivity contribution in [3.63, 3.8) is 0 Å². The van der Waals surface area contributed by atoms with Gasteiger partial charge in [-0.05, 0) is 37.3 Å². The van der Waals surface area contributed by atoms with Gasteiger partial charge >= 0.3 is 0 Å². The van der Waals surface area contributed by atoms with Crippen molar-refractivity contribution in [1.82, 2.24) is 9.97 Å². The van der Waals surface area contributed by atoms with Gasteiger partial charge in [-0.15, -0.1) is 0 Å². The molecule has 0 bridgehead atoms. The van der Waals surface area contributed by atoms with E-state index < -0.39 is 0 Å². The third-order valence-electron chi connectivity index (χ3n) is 3.05. The first kappa shape index (κ1) is 11.5. The first-order valence-electron chi connectivity index (χ1n) is 6.03. The molecule has 3 rings (SSSR count). The molecule has 0 spiro atoms. The summed E-state index contributed by atoms with van der Waals surface area (Å²) in [5.41, 5.74) is 17.3. The van der Waals surface area contributed by atoms with Crippen LogP contribution in [-0.2, 0) is 0 Å². The molecule has 4 heteroatoms. The topological polar surface area (TPSA) is 77.8 Å². The van der Waals surface area contributed by atoms with Crippen molar-refractivity contribution in [3.05, 3.63) is 48.2 Å². The number of nitrogens with two attached hydrogens (primary N) is 2. The van der Waals surface area contributed by atoms with Crippen LogP contribution < -0.4 is 11.5 Å². The second kappa shape index (κ2) is 4.24. The Morgan fingerprint density at radius 3 is 2.21 bits per heavy atom. The van der Waals surface area contributed by atoms with E-state index in [0.29, 0.717) is 5.69 Å². The average Bonchev–Trinajstić information content (AvgIpc) is 2.39. The molecule has 0 amide bonds. The summed E-state index contributed by atoms with van der Waals surface area (Å²) in [6.45, 7) is 1.95. The van der Waals surface area contributed by atoms with Crippen molar-refractivity contribution in [2.24, 2.45) is 0 Å². The maximum absolute atomic E-state index is 5.76. The van der Waals surface area contributed by atoms with Gasteiger partial charge in [0, 0.05) is 16.9 Å².